The van der Waals surface area contributed by atoms with Crippen LogP contribution in [0.1, 0.15) is 28.8 Å². The first-order chi connectivity index (χ1) is 15.2. The third-order valence-corrected chi connectivity index (χ3v) is 8.62. The van der Waals surface area contributed by atoms with Gasteiger partial charge in [-0.05, 0) is 37.3 Å². The van der Waals surface area contributed by atoms with Gasteiger partial charge in [0, 0.05) is 33.0 Å². The molecule has 1 aliphatic rings. The number of benzene rings is 1. The number of nitriles is 1. The van der Waals surface area contributed by atoms with E-state index in [1.165, 1.54) is 21.3 Å². The molecule has 1 aromatic carbocycles. The fourth-order valence-electron chi connectivity index (χ4n) is 3.89. The summed E-state index contributed by atoms with van der Waals surface area (Å²) in [6, 6.07) is 10.5. The molecular weight excluding hydrogens is 446 g/mol. The Bertz CT molecular complexity index is 1330. The van der Waals surface area contributed by atoms with Gasteiger partial charge in [0.1, 0.15) is 11.1 Å². The van der Waals surface area contributed by atoms with E-state index in [0.717, 1.165) is 48.0 Å². The zero-order chi connectivity index (χ0) is 21.4. The molecule has 3 aromatic heterocycles. The van der Waals surface area contributed by atoms with E-state index in [4.69, 9.17) is 0 Å². The van der Waals surface area contributed by atoms with Gasteiger partial charge in [-0.25, -0.2) is 0 Å². The lowest BCUT2D eigenvalue weighted by molar-refractivity contribution is -0.113. The first-order valence-electron chi connectivity index (χ1n) is 9.99. The summed E-state index contributed by atoms with van der Waals surface area (Å²) in [6.07, 6.45) is 4.18. The van der Waals surface area contributed by atoms with Crippen LogP contribution in [0.15, 0.2) is 34.8 Å². The largest absolute Gasteiger partial charge is 0.316 e. The fraction of sp³-hybridized carbons (Fsp3) is 0.273. The van der Waals surface area contributed by atoms with Crippen molar-refractivity contribution < 1.29 is 4.79 Å². The van der Waals surface area contributed by atoms with Gasteiger partial charge in [-0.2, -0.15) is 5.26 Å². The minimum atomic E-state index is -0.134. The molecule has 3 heterocycles. The van der Waals surface area contributed by atoms with E-state index in [1.807, 2.05) is 23.7 Å². The summed E-state index contributed by atoms with van der Waals surface area (Å²) in [4.78, 5) is 13.8. The molecule has 0 atom stereocenters. The average molecular weight is 466 g/mol. The summed E-state index contributed by atoms with van der Waals surface area (Å²) >= 11 is 4.58. The number of thiophene rings is 2. The van der Waals surface area contributed by atoms with Gasteiger partial charge in [0.05, 0.1) is 11.3 Å². The molecule has 0 bridgehead atoms. The van der Waals surface area contributed by atoms with Crippen molar-refractivity contribution in [3.63, 3.8) is 0 Å². The van der Waals surface area contributed by atoms with Crippen molar-refractivity contribution in [2.75, 3.05) is 11.1 Å². The van der Waals surface area contributed by atoms with Gasteiger partial charge in [-0.15, -0.1) is 32.9 Å². The van der Waals surface area contributed by atoms with Crippen LogP contribution in [0.2, 0.25) is 0 Å². The number of rotatable bonds is 5. The number of anilines is 1. The van der Waals surface area contributed by atoms with Crippen LogP contribution in [0, 0.1) is 11.3 Å². The van der Waals surface area contributed by atoms with Gasteiger partial charge in [0.2, 0.25) is 5.91 Å². The Balaban J connectivity index is 1.30. The first-order valence-corrected chi connectivity index (χ1v) is 12.7. The van der Waals surface area contributed by atoms with Crippen molar-refractivity contribution in [2.45, 2.75) is 30.8 Å². The van der Waals surface area contributed by atoms with Crippen molar-refractivity contribution in [1.82, 2.24) is 14.8 Å². The van der Waals surface area contributed by atoms with Crippen molar-refractivity contribution >= 4 is 55.4 Å². The van der Waals surface area contributed by atoms with Crippen LogP contribution in [0.4, 0.5) is 5.00 Å². The van der Waals surface area contributed by atoms with Crippen molar-refractivity contribution in [3.05, 3.63) is 45.6 Å². The minimum absolute atomic E-state index is 0.134. The highest BCUT2D eigenvalue weighted by atomic mass is 32.2. The van der Waals surface area contributed by atoms with Crippen LogP contribution in [-0.2, 0) is 24.7 Å². The minimum Gasteiger partial charge on any atom is -0.316 e. The zero-order valence-electron chi connectivity index (χ0n) is 16.8. The Morgan fingerprint density at radius 2 is 2.13 bits per heavy atom. The molecule has 4 aromatic rings. The molecule has 0 aliphatic heterocycles. The molecule has 0 saturated carbocycles. The fourth-order valence-corrected chi connectivity index (χ4v) is 6.80. The summed E-state index contributed by atoms with van der Waals surface area (Å²) < 4.78 is 3.14. The van der Waals surface area contributed by atoms with Crippen LogP contribution in [0.5, 0.6) is 0 Å². The second-order valence-electron chi connectivity index (χ2n) is 7.37. The third-order valence-electron chi connectivity index (χ3n) is 5.43. The molecule has 9 heteroatoms. The van der Waals surface area contributed by atoms with Gasteiger partial charge in [-0.1, -0.05) is 30.0 Å². The average Bonchev–Trinajstić information content (AvgIpc) is 3.46. The number of fused-ring (bicyclic) bond motifs is 2. The number of amides is 1. The molecule has 5 rings (SSSR count). The SMILES string of the molecule is Cn1c(SCC(=O)Nc2sc3c(c2C#N)CCCC3)nnc1-c1csc2ccccc12. The van der Waals surface area contributed by atoms with Crippen molar-refractivity contribution in [1.29, 1.82) is 5.26 Å². The van der Waals surface area contributed by atoms with E-state index in [1.54, 1.807) is 22.7 Å². The van der Waals surface area contributed by atoms with E-state index in [0.29, 0.717) is 15.7 Å². The summed E-state index contributed by atoms with van der Waals surface area (Å²) in [6.45, 7) is 0. The Morgan fingerprint density at radius 1 is 1.29 bits per heavy atom. The maximum absolute atomic E-state index is 12.6. The molecule has 0 saturated heterocycles. The van der Waals surface area contributed by atoms with Crippen molar-refractivity contribution in [3.8, 4) is 17.5 Å². The highest BCUT2D eigenvalue weighted by Gasteiger charge is 2.22. The standard InChI is InChI=1S/C22H19N5OS3/c1-27-20(16-11-29-17-8-4-2-7-14(16)17)25-26-22(27)30-12-19(28)24-21-15(10-23)13-6-3-5-9-18(13)31-21/h2,4,7-8,11H,3,5-6,9,12H2,1H3,(H,24,28). The number of nitrogens with one attached hydrogen (secondary N) is 1. The Morgan fingerprint density at radius 3 is 3.00 bits per heavy atom. The molecule has 0 radical (unpaired) electrons. The molecule has 1 N–H and O–H groups in total. The van der Waals surface area contributed by atoms with Gasteiger partial charge in [0.15, 0.2) is 11.0 Å². The van der Waals surface area contributed by atoms with Crippen LogP contribution in [-0.4, -0.2) is 26.4 Å². The Kier molecular flexibility index (Phi) is 5.52. The maximum Gasteiger partial charge on any atom is 0.235 e. The third kappa shape index (κ3) is 3.76. The summed E-state index contributed by atoms with van der Waals surface area (Å²) in [5, 5.41) is 25.8. The zero-order valence-corrected chi connectivity index (χ0v) is 19.3. The number of carbonyl (C=O) groups is 1. The molecule has 0 spiro atoms. The van der Waals surface area contributed by atoms with Crippen LogP contribution < -0.4 is 5.32 Å². The lowest BCUT2D eigenvalue weighted by Gasteiger charge is -2.09. The Hall–Kier alpha value is -2.67. The van der Waals surface area contributed by atoms with Gasteiger partial charge < -0.3 is 9.88 Å². The van der Waals surface area contributed by atoms with Gasteiger partial charge in [-0.3, -0.25) is 4.79 Å². The maximum atomic E-state index is 12.6. The monoisotopic (exact) mass is 465 g/mol. The lowest BCUT2D eigenvalue weighted by Crippen LogP contribution is -2.14. The quantitative estimate of drug-likeness (QED) is 0.408. The molecular formula is C22H19N5OS3. The number of aromatic nitrogens is 3. The predicted molar refractivity (Wildman–Crippen MR) is 127 cm³/mol. The number of carbonyl (C=O) groups excluding carboxylic acids is 1. The van der Waals surface area contributed by atoms with Crippen LogP contribution in [0.25, 0.3) is 21.5 Å². The summed E-state index contributed by atoms with van der Waals surface area (Å²) in [5.74, 6) is 0.868. The number of hydrogen-bond acceptors (Lipinski definition) is 7. The van der Waals surface area contributed by atoms with Crippen molar-refractivity contribution in [2.24, 2.45) is 7.05 Å². The van der Waals surface area contributed by atoms with E-state index in [2.05, 4.69) is 39.1 Å². The molecule has 0 unspecified atom stereocenters. The number of aryl methyl sites for hydroxylation is 1. The second kappa shape index (κ2) is 8.46. The first kappa shape index (κ1) is 20.2. The highest BCUT2D eigenvalue weighted by Crippen LogP contribution is 2.38. The van der Waals surface area contributed by atoms with Crippen LogP contribution in [0.3, 0.4) is 0 Å². The summed E-state index contributed by atoms with van der Waals surface area (Å²) in [7, 11) is 1.92. The second-order valence-corrected chi connectivity index (χ2v) is 10.3. The molecule has 0 fully saturated rings. The number of hydrogen-bond donors (Lipinski definition) is 1. The lowest BCUT2D eigenvalue weighted by atomic mass is 9.96. The molecule has 31 heavy (non-hydrogen) atoms. The van der Waals surface area contributed by atoms with Gasteiger partial charge >= 0.3 is 0 Å². The van der Waals surface area contributed by atoms with E-state index in [9.17, 15) is 10.1 Å². The number of nitrogens with zero attached hydrogens (tertiary/aromatic N) is 4. The van der Waals surface area contributed by atoms with E-state index in [-0.39, 0.29) is 11.7 Å². The topological polar surface area (TPSA) is 83.6 Å². The summed E-state index contributed by atoms with van der Waals surface area (Å²) in [5.41, 5.74) is 2.82. The normalized spacial score (nSPS) is 13.2. The molecule has 156 valence electrons. The van der Waals surface area contributed by atoms with Crippen LogP contribution >= 0.6 is 34.4 Å². The van der Waals surface area contributed by atoms with E-state index < -0.39 is 0 Å². The highest BCUT2D eigenvalue weighted by molar-refractivity contribution is 7.99. The molecule has 6 nitrogen and oxygen atoms in total. The van der Waals surface area contributed by atoms with E-state index >= 15 is 0 Å². The van der Waals surface area contributed by atoms with Gasteiger partial charge in [0.25, 0.3) is 0 Å². The molecule has 1 amide bonds. The molecule has 1 aliphatic carbocycles. The Labute approximate surface area is 191 Å². The predicted octanol–water partition coefficient (Wildman–Crippen LogP) is 5.24. The smallest absolute Gasteiger partial charge is 0.235 e. The number of thioether (sulfide) groups is 1.